The molecule has 1 aliphatic heterocycles. The predicted molar refractivity (Wildman–Crippen MR) is 109 cm³/mol. The predicted octanol–water partition coefficient (Wildman–Crippen LogP) is 3.43. The Kier molecular flexibility index (Phi) is 4.24. The zero-order chi connectivity index (χ0) is 18.2. The molecule has 0 atom stereocenters. The summed E-state index contributed by atoms with van der Waals surface area (Å²) in [5, 5.41) is 1.07. The normalized spacial score (nSPS) is 15.6. The summed E-state index contributed by atoms with van der Waals surface area (Å²) in [6, 6.07) is 18.3. The number of aromatic nitrogens is 2. The van der Waals surface area contributed by atoms with Crippen LogP contribution in [0.25, 0.3) is 26.8 Å². The van der Waals surface area contributed by atoms with E-state index in [9.17, 15) is 4.79 Å². The van der Waals surface area contributed by atoms with Crippen molar-refractivity contribution in [1.82, 2.24) is 14.5 Å². The Balaban J connectivity index is 1.80. The molecule has 4 aromatic rings. The summed E-state index contributed by atoms with van der Waals surface area (Å²) < 4.78 is 8.63. The summed E-state index contributed by atoms with van der Waals surface area (Å²) in [5.74, 6) is 0.902. The van der Waals surface area contributed by atoms with E-state index < -0.39 is 0 Å². The molecule has 1 fully saturated rings. The van der Waals surface area contributed by atoms with Gasteiger partial charge in [0.15, 0.2) is 0 Å². The Labute approximate surface area is 160 Å². The van der Waals surface area contributed by atoms with Crippen molar-refractivity contribution in [2.75, 3.05) is 26.3 Å². The molecule has 1 aliphatic rings. The van der Waals surface area contributed by atoms with Gasteiger partial charge in [-0.25, -0.2) is 4.98 Å². The second-order valence-electron chi connectivity index (χ2n) is 6.67. The van der Waals surface area contributed by atoms with Gasteiger partial charge in [-0.2, -0.15) is 0 Å². The minimum atomic E-state index is 0.0154. The van der Waals surface area contributed by atoms with Gasteiger partial charge in [0.2, 0.25) is 0 Å². The summed E-state index contributed by atoms with van der Waals surface area (Å²) in [6.45, 7) is 3.94. The quantitative estimate of drug-likeness (QED) is 0.549. The maximum atomic E-state index is 12.8. The fourth-order valence-electron chi connectivity index (χ4n) is 3.68. The molecule has 5 rings (SSSR count). The van der Waals surface area contributed by atoms with E-state index in [2.05, 4.69) is 27.7 Å². The summed E-state index contributed by atoms with van der Waals surface area (Å²) in [5.41, 5.74) is 2.50. The van der Waals surface area contributed by atoms with Crippen LogP contribution in [0.15, 0.2) is 59.4 Å². The van der Waals surface area contributed by atoms with E-state index in [4.69, 9.17) is 9.72 Å². The van der Waals surface area contributed by atoms with Gasteiger partial charge in [-0.05, 0) is 18.2 Å². The summed E-state index contributed by atoms with van der Waals surface area (Å²) >= 11 is 1.27. The number of para-hydroxylation sites is 1. The summed E-state index contributed by atoms with van der Waals surface area (Å²) in [6.07, 6.45) is 0. The molecule has 0 spiro atoms. The Morgan fingerprint density at radius 2 is 1.74 bits per heavy atom. The van der Waals surface area contributed by atoms with Crippen molar-refractivity contribution in [3.05, 3.63) is 70.0 Å². The standard InChI is InChI=1S/C21H19N3O2S/c25-21-19-20(16-8-4-5-9-17(16)27-21)24(15-6-2-1-3-7-15)18(22-19)14-23-10-12-26-13-11-23/h1-9H,10-14H2. The van der Waals surface area contributed by atoms with Crippen molar-refractivity contribution >= 4 is 32.5 Å². The number of hydrogen-bond acceptors (Lipinski definition) is 5. The molecular formula is C21H19N3O2S. The van der Waals surface area contributed by atoms with Crippen LogP contribution in [0.3, 0.4) is 0 Å². The average Bonchev–Trinajstić information content (AvgIpc) is 3.09. The van der Waals surface area contributed by atoms with Gasteiger partial charge >= 0.3 is 0 Å². The van der Waals surface area contributed by atoms with E-state index in [0.29, 0.717) is 12.1 Å². The number of imidazole rings is 1. The van der Waals surface area contributed by atoms with Crippen LogP contribution in [0, 0.1) is 0 Å². The number of rotatable bonds is 3. The smallest absolute Gasteiger partial charge is 0.260 e. The fraction of sp³-hybridized carbons (Fsp3) is 0.238. The first-order valence-corrected chi connectivity index (χ1v) is 9.91. The molecule has 0 unspecified atom stereocenters. The van der Waals surface area contributed by atoms with Crippen molar-refractivity contribution in [3.63, 3.8) is 0 Å². The maximum absolute atomic E-state index is 12.8. The molecule has 5 nitrogen and oxygen atoms in total. The molecule has 0 amide bonds. The first kappa shape index (κ1) is 16.6. The van der Waals surface area contributed by atoms with Gasteiger partial charge in [-0.3, -0.25) is 14.3 Å². The van der Waals surface area contributed by atoms with Gasteiger partial charge < -0.3 is 4.74 Å². The largest absolute Gasteiger partial charge is 0.379 e. The van der Waals surface area contributed by atoms with Gasteiger partial charge in [0.25, 0.3) is 4.74 Å². The summed E-state index contributed by atoms with van der Waals surface area (Å²) in [4.78, 5) is 19.9. The molecule has 0 aliphatic carbocycles. The number of benzene rings is 2. The van der Waals surface area contributed by atoms with Gasteiger partial charge in [0, 0.05) is 28.9 Å². The van der Waals surface area contributed by atoms with Crippen LogP contribution in [-0.4, -0.2) is 40.8 Å². The van der Waals surface area contributed by atoms with Crippen molar-refractivity contribution in [1.29, 1.82) is 0 Å². The maximum Gasteiger partial charge on any atom is 0.260 e. The minimum absolute atomic E-state index is 0.0154. The van der Waals surface area contributed by atoms with Crippen LogP contribution in [0.2, 0.25) is 0 Å². The highest BCUT2D eigenvalue weighted by Crippen LogP contribution is 2.29. The first-order chi connectivity index (χ1) is 13.3. The molecule has 2 aromatic heterocycles. The van der Waals surface area contributed by atoms with Crippen LogP contribution >= 0.6 is 11.3 Å². The van der Waals surface area contributed by atoms with Crippen LogP contribution in [-0.2, 0) is 11.3 Å². The number of ether oxygens (including phenoxy) is 1. The molecule has 6 heteroatoms. The number of morpholine rings is 1. The van der Waals surface area contributed by atoms with E-state index in [1.165, 1.54) is 11.3 Å². The van der Waals surface area contributed by atoms with E-state index in [0.717, 1.165) is 53.4 Å². The highest BCUT2D eigenvalue weighted by atomic mass is 32.1. The lowest BCUT2D eigenvalue weighted by atomic mass is 10.2. The third kappa shape index (κ3) is 2.96. The van der Waals surface area contributed by atoms with Crippen molar-refractivity contribution < 1.29 is 4.74 Å². The highest BCUT2D eigenvalue weighted by molar-refractivity contribution is 7.16. The SMILES string of the molecule is O=c1sc2ccccc2c2c1nc(CN1CCOCC1)n2-c1ccccc1. The van der Waals surface area contributed by atoms with E-state index >= 15 is 0 Å². The molecule has 0 bridgehead atoms. The van der Waals surface area contributed by atoms with Crippen LogP contribution < -0.4 is 4.74 Å². The number of nitrogens with zero attached hydrogens (tertiary/aromatic N) is 3. The number of fused-ring (bicyclic) bond motifs is 3. The van der Waals surface area contributed by atoms with Crippen molar-refractivity contribution in [2.24, 2.45) is 0 Å². The Hall–Kier alpha value is -2.54. The highest BCUT2D eigenvalue weighted by Gasteiger charge is 2.21. The van der Waals surface area contributed by atoms with Crippen LogP contribution in [0.4, 0.5) is 0 Å². The third-order valence-corrected chi connectivity index (χ3v) is 5.92. The van der Waals surface area contributed by atoms with Crippen molar-refractivity contribution in [3.8, 4) is 5.69 Å². The average molecular weight is 377 g/mol. The van der Waals surface area contributed by atoms with Gasteiger partial charge in [-0.15, -0.1) is 0 Å². The second kappa shape index (κ2) is 6.88. The third-order valence-electron chi connectivity index (χ3n) is 4.97. The first-order valence-electron chi connectivity index (χ1n) is 9.10. The molecule has 136 valence electrons. The Bertz CT molecular complexity index is 1160. The zero-order valence-electron chi connectivity index (χ0n) is 14.8. The number of hydrogen-bond donors (Lipinski definition) is 0. The van der Waals surface area contributed by atoms with Crippen LogP contribution in [0.5, 0.6) is 0 Å². The molecule has 3 heterocycles. The Morgan fingerprint density at radius 3 is 2.56 bits per heavy atom. The molecule has 0 N–H and O–H groups in total. The van der Waals surface area contributed by atoms with Gasteiger partial charge in [0.05, 0.1) is 25.3 Å². The van der Waals surface area contributed by atoms with E-state index in [1.807, 2.05) is 36.4 Å². The van der Waals surface area contributed by atoms with Crippen molar-refractivity contribution in [2.45, 2.75) is 6.54 Å². The topological polar surface area (TPSA) is 47.4 Å². The molecular weight excluding hydrogens is 358 g/mol. The minimum Gasteiger partial charge on any atom is -0.379 e. The molecule has 27 heavy (non-hydrogen) atoms. The lowest BCUT2D eigenvalue weighted by Crippen LogP contribution is -2.36. The van der Waals surface area contributed by atoms with E-state index in [-0.39, 0.29) is 4.74 Å². The Morgan fingerprint density at radius 1 is 1.00 bits per heavy atom. The van der Waals surface area contributed by atoms with Crippen LogP contribution in [0.1, 0.15) is 5.82 Å². The lowest BCUT2D eigenvalue weighted by molar-refractivity contribution is 0.0329. The zero-order valence-corrected chi connectivity index (χ0v) is 15.6. The van der Waals surface area contributed by atoms with E-state index in [1.54, 1.807) is 0 Å². The molecule has 2 aromatic carbocycles. The van der Waals surface area contributed by atoms with Gasteiger partial charge in [-0.1, -0.05) is 47.7 Å². The molecule has 0 saturated carbocycles. The fourth-order valence-corrected chi connectivity index (χ4v) is 4.54. The lowest BCUT2D eigenvalue weighted by Gasteiger charge is -2.26. The second-order valence-corrected chi connectivity index (χ2v) is 7.69. The van der Waals surface area contributed by atoms with Gasteiger partial charge in [0.1, 0.15) is 11.3 Å². The molecule has 1 saturated heterocycles. The molecule has 0 radical (unpaired) electrons. The summed E-state index contributed by atoms with van der Waals surface area (Å²) in [7, 11) is 0. The monoisotopic (exact) mass is 377 g/mol.